The van der Waals surface area contributed by atoms with Crippen molar-refractivity contribution in [3.8, 4) is 0 Å². The minimum atomic E-state index is -0.334. The van der Waals surface area contributed by atoms with Crippen LogP contribution in [-0.2, 0) is 11.2 Å². The first-order valence-corrected chi connectivity index (χ1v) is 5.03. The first-order valence-electron chi connectivity index (χ1n) is 5.03. The zero-order valence-electron chi connectivity index (χ0n) is 8.69. The van der Waals surface area contributed by atoms with Gasteiger partial charge >= 0.3 is 5.97 Å². The number of esters is 1. The average Bonchev–Trinajstić information content (AvgIpc) is 2.23. The predicted octanol–water partition coefficient (Wildman–Crippen LogP) is 0.630. The van der Waals surface area contributed by atoms with Gasteiger partial charge in [0, 0.05) is 11.9 Å². The number of aromatic nitrogens is 1. The topological polar surface area (TPSA) is 51.2 Å². The van der Waals surface area contributed by atoms with Gasteiger partial charge in [0.2, 0.25) is 0 Å². The van der Waals surface area contributed by atoms with Gasteiger partial charge < -0.3 is 10.1 Å². The quantitative estimate of drug-likeness (QED) is 0.737. The van der Waals surface area contributed by atoms with Crippen molar-refractivity contribution in [1.29, 1.82) is 0 Å². The Morgan fingerprint density at radius 3 is 2.87 bits per heavy atom. The van der Waals surface area contributed by atoms with Crippen molar-refractivity contribution in [2.24, 2.45) is 5.92 Å². The van der Waals surface area contributed by atoms with Gasteiger partial charge in [-0.25, -0.2) is 4.79 Å². The third-order valence-electron chi connectivity index (χ3n) is 2.61. The van der Waals surface area contributed by atoms with E-state index in [9.17, 15) is 4.79 Å². The summed E-state index contributed by atoms with van der Waals surface area (Å²) in [4.78, 5) is 15.4. The number of hydrogen-bond acceptors (Lipinski definition) is 4. The van der Waals surface area contributed by atoms with Gasteiger partial charge in [-0.15, -0.1) is 0 Å². The highest BCUT2D eigenvalue weighted by Crippen LogP contribution is 2.11. The molecule has 0 atom stereocenters. The van der Waals surface area contributed by atoms with E-state index in [1.165, 1.54) is 7.11 Å². The molecule has 1 saturated heterocycles. The molecule has 1 aliphatic heterocycles. The Balaban J connectivity index is 1.99. The first-order chi connectivity index (χ1) is 7.29. The number of pyridine rings is 1. The van der Waals surface area contributed by atoms with Gasteiger partial charge in [-0.3, -0.25) is 4.98 Å². The fourth-order valence-corrected chi connectivity index (χ4v) is 1.57. The Kier molecular flexibility index (Phi) is 2.97. The molecular formula is C11H14N2O2. The molecule has 15 heavy (non-hydrogen) atoms. The maximum atomic E-state index is 11.1. The van der Waals surface area contributed by atoms with Gasteiger partial charge in [-0.1, -0.05) is 0 Å². The second kappa shape index (κ2) is 4.40. The number of nitrogens with one attached hydrogen (secondary N) is 1. The van der Waals surface area contributed by atoms with E-state index in [1.54, 1.807) is 12.3 Å². The molecule has 0 aromatic carbocycles. The maximum Gasteiger partial charge on any atom is 0.339 e. The molecule has 80 valence electrons. The molecule has 0 unspecified atom stereocenters. The van der Waals surface area contributed by atoms with Gasteiger partial charge in [0.1, 0.15) is 0 Å². The van der Waals surface area contributed by atoms with E-state index in [0.717, 1.165) is 25.2 Å². The lowest BCUT2D eigenvalue weighted by molar-refractivity contribution is 0.0600. The maximum absolute atomic E-state index is 11.1. The molecule has 1 aromatic rings. The van der Waals surface area contributed by atoms with Crippen LogP contribution in [0.2, 0.25) is 0 Å². The lowest BCUT2D eigenvalue weighted by Gasteiger charge is -2.26. The molecule has 0 bridgehead atoms. The zero-order valence-corrected chi connectivity index (χ0v) is 8.69. The van der Waals surface area contributed by atoms with Gasteiger partial charge in [0.05, 0.1) is 12.7 Å². The van der Waals surface area contributed by atoms with E-state index in [0.29, 0.717) is 11.5 Å². The second-order valence-electron chi connectivity index (χ2n) is 3.76. The van der Waals surface area contributed by atoms with Crippen LogP contribution in [0.5, 0.6) is 0 Å². The first kappa shape index (κ1) is 10.1. The van der Waals surface area contributed by atoms with Crippen LogP contribution in [-0.4, -0.2) is 31.2 Å². The van der Waals surface area contributed by atoms with E-state index in [-0.39, 0.29) is 5.97 Å². The summed E-state index contributed by atoms with van der Waals surface area (Å²) >= 11 is 0. The molecule has 1 fully saturated rings. The molecule has 0 radical (unpaired) electrons. The van der Waals surface area contributed by atoms with E-state index in [4.69, 9.17) is 0 Å². The Bertz CT molecular complexity index is 344. The number of carbonyl (C=O) groups is 1. The van der Waals surface area contributed by atoms with Crippen molar-refractivity contribution in [2.45, 2.75) is 6.42 Å². The van der Waals surface area contributed by atoms with E-state index < -0.39 is 0 Å². The highest BCUT2D eigenvalue weighted by atomic mass is 16.5. The smallest absolute Gasteiger partial charge is 0.339 e. The minimum absolute atomic E-state index is 0.334. The molecule has 4 nitrogen and oxygen atoms in total. The van der Waals surface area contributed by atoms with Crippen molar-refractivity contribution in [1.82, 2.24) is 10.3 Å². The van der Waals surface area contributed by atoms with Crippen molar-refractivity contribution in [3.63, 3.8) is 0 Å². The summed E-state index contributed by atoms with van der Waals surface area (Å²) in [5.41, 5.74) is 1.54. The van der Waals surface area contributed by atoms with Gasteiger partial charge in [-0.05, 0) is 37.6 Å². The molecule has 4 heteroatoms. The summed E-state index contributed by atoms with van der Waals surface area (Å²) in [7, 11) is 1.37. The van der Waals surface area contributed by atoms with E-state index >= 15 is 0 Å². The van der Waals surface area contributed by atoms with Crippen LogP contribution in [0.15, 0.2) is 18.3 Å². The summed E-state index contributed by atoms with van der Waals surface area (Å²) in [6.45, 7) is 2.14. The molecule has 0 spiro atoms. The Labute approximate surface area is 88.7 Å². The number of hydrogen-bond donors (Lipinski definition) is 1. The van der Waals surface area contributed by atoms with E-state index in [2.05, 4.69) is 15.0 Å². The van der Waals surface area contributed by atoms with Crippen LogP contribution >= 0.6 is 0 Å². The number of carbonyl (C=O) groups excluding carboxylic acids is 1. The van der Waals surface area contributed by atoms with Gasteiger partial charge in [-0.2, -0.15) is 0 Å². The summed E-state index contributed by atoms with van der Waals surface area (Å²) in [5, 5.41) is 3.22. The minimum Gasteiger partial charge on any atom is -0.465 e. The lowest BCUT2D eigenvalue weighted by Crippen LogP contribution is -2.43. The standard InChI is InChI=1S/C11H14N2O2/c1-15-11(14)9-2-3-10(13-7-9)4-8-5-12-6-8/h2-3,7-8,12H,4-6H2,1H3. The SMILES string of the molecule is COC(=O)c1ccc(CC2CNC2)nc1. The van der Waals surface area contributed by atoms with E-state index in [1.807, 2.05) is 6.07 Å². The summed E-state index contributed by atoms with van der Waals surface area (Å²) < 4.78 is 4.60. The number of methoxy groups -OCH3 is 1. The summed E-state index contributed by atoms with van der Waals surface area (Å²) in [6, 6.07) is 3.66. The molecule has 0 amide bonds. The molecule has 1 N–H and O–H groups in total. The number of nitrogens with zero attached hydrogens (tertiary/aromatic N) is 1. The van der Waals surface area contributed by atoms with Crippen LogP contribution < -0.4 is 5.32 Å². The van der Waals surface area contributed by atoms with Crippen molar-refractivity contribution < 1.29 is 9.53 Å². The molecule has 2 rings (SSSR count). The number of ether oxygens (including phenoxy) is 1. The monoisotopic (exact) mass is 206 g/mol. The summed E-state index contributed by atoms with van der Waals surface area (Å²) in [6.07, 6.45) is 2.56. The number of rotatable bonds is 3. The van der Waals surface area contributed by atoms with Crippen molar-refractivity contribution in [2.75, 3.05) is 20.2 Å². The molecule has 0 saturated carbocycles. The van der Waals surface area contributed by atoms with Gasteiger partial charge in [0.25, 0.3) is 0 Å². The Hall–Kier alpha value is -1.42. The van der Waals surface area contributed by atoms with Crippen LogP contribution in [0.25, 0.3) is 0 Å². The zero-order chi connectivity index (χ0) is 10.7. The lowest BCUT2D eigenvalue weighted by atomic mass is 9.97. The fraction of sp³-hybridized carbons (Fsp3) is 0.455. The normalized spacial score (nSPS) is 15.8. The van der Waals surface area contributed by atoms with Crippen LogP contribution in [0.1, 0.15) is 16.1 Å². The molecular weight excluding hydrogens is 192 g/mol. The second-order valence-corrected chi connectivity index (χ2v) is 3.76. The van der Waals surface area contributed by atoms with Gasteiger partial charge in [0.15, 0.2) is 0 Å². The Morgan fingerprint density at radius 2 is 2.40 bits per heavy atom. The molecule has 1 aliphatic rings. The third kappa shape index (κ3) is 2.33. The molecule has 0 aliphatic carbocycles. The molecule has 2 heterocycles. The predicted molar refractivity (Wildman–Crippen MR) is 55.6 cm³/mol. The largest absolute Gasteiger partial charge is 0.465 e. The van der Waals surface area contributed by atoms with Crippen LogP contribution in [0.3, 0.4) is 0 Å². The highest BCUT2D eigenvalue weighted by molar-refractivity contribution is 5.88. The average molecular weight is 206 g/mol. The van der Waals surface area contributed by atoms with Crippen LogP contribution in [0, 0.1) is 5.92 Å². The van der Waals surface area contributed by atoms with Crippen molar-refractivity contribution in [3.05, 3.63) is 29.6 Å². The highest BCUT2D eigenvalue weighted by Gasteiger charge is 2.17. The van der Waals surface area contributed by atoms with Crippen LogP contribution in [0.4, 0.5) is 0 Å². The Morgan fingerprint density at radius 1 is 1.60 bits per heavy atom. The fourth-order valence-electron chi connectivity index (χ4n) is 1.57. The summed E-state index contributed by atoms with van der Waals surface area (Å²) in [5.74, 6) is 0.362. The van der Waals surface area contributed by atoms with Crippen molar-refractivity contribution >= 4 is 5.97 Å². The molecule has 1 aromatic heterocycles. The third-order valence-corrected chi connectivity index (χ3v) is 2.61.